The third-order valence-electron chi connectivity index (χ3n) is 3.78. The van der Waals surface area contributed by atoms with Crippen molar-refractivity contribution in [2.45, 2.75) is 0 Å². The number of methoxy groups -OCH3 is 1. The number of pyridine rings is 1. The molecule has 0 aliphatic rings. The van der Waals surface area contributed by atoms with Crippen molar-refractivity contribution in [2.24, 2.45) is 10.1 Å². The Morgan fingerprint density at radius 2 is 1.93 bits per heavy atom. The van der Waals surface area contributed by atoms with E-state index in [-0.39, 0.29) is 0 Å². The van der Waals surface area contributed by atoms with E-state index in [0.29, 0.717) is 0 Å². The number of nitrogens with zero attached hydrogens (tertiary/aromatic N) is 4. The molecular weight excluding hydrogens is 360 g/mol. The third-order valence-corrected chi connectivity index (χ3v) is 4.60. The number of benzene rings is 1. The summed E-state index contributed by atoms with van der Waals surface area (Å²) in [6.07, 6.45) is 6.88. The fourth-order valence-electron chi connectivity index (χ4n) is 2.42. The minimum absolute atomic E-state index is 0.731. The van der Waals surface area contributed by atoms with Gasteiger partial charge in [0.2, 0.25) is 4.80 Å². The zero-order valence-corrected chi connectivity index (χ0v) is 15.3. The summed E-state index contributed by atoms with van der Waals surface area (Å²) in [5.74, 6) is 1.52. The van der Waals surface area contributed by atoms with Crippen molar-refractivity contribution in [1.29, 1.82) is 0 Å². The first-order valence-corrected chi connectivity index (χ1v) is 9.09. The summed E-state index contributed by atoms with van der Waals surface area (Å²) in [7, 11) is 1.64. The lowest BCUT2D eigenvalue weighted by atomic mass is 10.3. The summed E-state index contributed by atoms with van der Waals surface area (Å²) >= 11 is 1.49. The van der Waals surface area contributed by atoms with Gasteiger partial charge < -0.3 is 9.15 Å². The van der Waals surface area contributed by atoms with Gasteiger partial charge in [0.15, 0.2) is 5.76 Å². The molecule has 0 aliphatic heterocycles. The summed E-state index contributed by atoms with van der Waals surface area (Å²) in [5.41, 5.74) is 2.60. The molecule has 0 atom stereocenters. The molecule has 3 heterocycles. The molecule has 4 rings (SSSR count). The Balaban J connectivity index is 1.79. The summed E-state index contributed by atoms with van der Waals surface area (Å²) < 4.78 is 12.5. The summed E-state index contributed by atoms with van der Waals surface area (Å²) in [6.45, 7) is 0. The zero-order chi connectivity index (χ0) is 18.5. The molecule has 6 nitrogen and oxygen atoms in total. The van der Waals surface area contributed by atoms with Crippen molar-refractivity contribution in [2.75, 3.05) is 7.11 Å². The van der Waals surface area contributed by atoms with Crippen molar-refractivity contribution < 1.29 is 9.15 Å². The Morgan fingerprint density at radius 3 is 2.63 bits per heavy atom. The lowest BCUT2D eigenvalue weighted by molar-refractivity contribution is 0.415. The molecule has 7 heteroatoms. The second-order valence-electron chi connectivity index (χ2n) is 5.53. The molecular formula is C20H16N4O2S. The van der Waals surface area contributed by atoms with Gasteiger partial charge in [0.1, 0.15) is 11.4 Å². The van der Waals surface area contributed by atoms with Gasteiger partial charge in [0.05, 0.1) is 25.3 Å². The highest BCUT2D eigenvalue weighted by atomic mass is 32.1. The van der Waals surface area contributed by atoms with Crippen LogP contribution in [0.2, 0.25) is 0 Å². The predicted octanol–water partition coefficient (Wildman–Crippen LogP) is 4.33. The van der Waals surface area contributed by atoms with E-state index in [1.54, 1.807) is 36.7 Å². The van der Waals surface area contributed by atoms with E-state index in [2.05, 4.69) is 10.1 Å². The van der Waals surface area contributed by atoms with Crippen molar-refractivity contribution in [3.05, 3.63) is 82.9 Å². The number of hydrogen-bond donors (Lipinski definition) is 0. The molecule has 0 radical (unpaired) electrons. The maximum absolute atomic E-state index is 5.55. The van der Waals surface area contributed by atoms with Crippen LogP contribution >= 0.6 is 11.3 Å². The minimum atomic E-state index is 0.731. The summed E-state index contributed by atoms with van der Waals surface area (Å²) in [5, 5.41) is 6.60. The molecule has 0 aliphatic carbocycles. The van der Waals surface area contributed by atoms with Gasteiger partial charge in [-0.15, -0.1) is 11.3 Å². The summed E-state index contributed by atoms with van der Waals surface area (Å²) in [6, 6.07) is 15.1. The van der Waals surface area contributed by atoms with Gasteiger partial charge >= 0.3 is 0 Å². The van der Waals surface area contributed by atoms with E-state index in [0.717, 1.165) is 33.3 Å². The predicted molar refractivity (Wildman–Crippen MR) is 105 cm³/mol. The Kier molecular flexibility index (Phi) is 4.93. The van der Waals surface area contributed by atoms with Crippen molar-refractivity contribution in [3.8, 4) is 17.2 Å². The Morgan fingerprint density at radius 1 is 1.11 bits per heavy atom. The molecule has 1 aromatic carbocycles. The molecule has 134 valence electrons. The van der Waals surface area contributed by atoms with E-state index < -0.39 is 0 Å². The largest absolute Gasteiger partial charge is 0.497 e. The van der Waals surface area contributed by atoms with Crippen LogP contribution in [0.15, 0.2) is 87.1 Å². The van der Waals surface area contributed by atoms with E-state index in [4.69, 9.17) is 14.1 Å². The second kappa shape index (κ2) is 7.84. The van der Waals surface area contributed by atoms with Crippen LogP contribution in [0.3, 0.4) is 0 Å². The normalized spacial score (nSPS) is 12.0. The minimum Gasteiger partial charge on any atom is -0.497 e. The second-order valence-corrected chi connectivity index (χ2v) is 6.36. The van der Waals surface area contributed by atoms with Gasteiger partial charge in [0, 0.05) is 17.8 Å². The van der Waals surface area contributed by atoms with Gasteiger partial charge in [-0.3, -0.25) is 4.98 Å². The van der Waals surface area contributed by atoms with Crippen LogP contribution in [-0.4, -0.2) is 23.0 Å². The first-order chi connectivity index (χ1) is 13.3. The molecule has 0 spiro atoms. The van der Waals surface area contributed by atoms with Crippen LogP contribution in [0, 0.1) is 0 Å². The number of hydrogen-bond acceptors (Lipinski definition) is 6. The van der Waals surface area contributed by atoms with E-state index in [1.165, 1.54) is 11.3 Å². The topological polar surface area (TPSA) is 64.9 Å². The Hall–Kier alpha value is -3.45. The SMILES string of the molecule is COc1ccc(N=c2scc(-c3ccco3)n2N=Cc2ccncc2)cc1. The van der Waals surface area contributed by atoms with Crippen LogP contribution in [-0.2, 0) is 0 Å². The highest BCUT2D eigenvalue weighted by molar-refractivity contribution is 7.07. The van der Waals surface area contributed by atoms with Gasteiger partial charge in [-0.2, -0.15) is 5.10 Å². The number of aromatic nitrogens is 2. The first-order valence-electron chi connectivity index (χ1n) is 8.21. The first kappa shape index (κ1) is 17.0. The molecule has 0 fully saturated rings. The smallest absolute Gasteiger partial charge is 0.211 e. The maximum Gasteiger partial charge on any atom is 0.211 e. The van der Waals surface area contributed by atoms with Crippen molar-refractivity contribution in [3.63, 3.8) is 0 Å². The van der Waals surface area contributed by atoms with Crippen molar-refractivity contribution in [1.82, 2.24) is 9.66 Å². The highest BCUT2D eigenvalue weighted by Gasteiger charge is 2.10. The van der Waals surface area contributed by atoms with E-state index in [1.807, 2.05) is 53.9 Å². The zero-order valence-electron chi connectivity index (χ0n) is 14.5. The number of rotatable bonds is 5. The molecule has 0 saturated heterocycles. The van der Waals surface area contributed by atoms with E-state index in [9.17, 15) is 0 Å². The van der Waals surface area contributed by atoms with Crippen LogP contribution in [0.25, 0.3) is 11.5 Å². The fourth-order valence-corrected chi connectivity index (χ4v) is 3.26. The summed E-state index contributed by atoms with van der Waals surface area (Å²) in [4.78, 5) is 9.48. The van der Waals surface area contributed by atoms with Crippen LogP contribution in [0.5, 0.6) is 5.75 Å². The van der Waals surface area contributed by atoms with Gasteiger partial charge in [-0.05, 0) is 54.1 Å². The molecule has 0 unspecified atom stereocenters. The molecule has 0 saturated carbocycles. The van der Waals surface area contributed by atoms with Gasteiger partial charge in [-0.1, -0.05) is 0 Å². The van der Waals surface area contributed by atoms with Gasteiger partial charge in [0.25, 0.3) is 0 Å². The molecule has 27 heavy (non-hydrogen) atoms. The number of ether oxygens (including phenoxy) is 1. The third kappa shape index (κ3) is 3.88. The average molecular weight is 376 g/mol. The molecule has 4 aromatic rings. The van der Waals surface area contributed by atoms with Crippen LogP contribution < -0.4 is 9.54 Å². The monoisotopic (exact) mass is 376 g/mol. The maximum atomic E-state index is 5.55. The van der Waals surface area contributed by atoms with E-state index >= 15 is 0 Å². The lowest BCUT2D eigenvalue weighted by Gasteiger charge is -2.01. The Labute approximate surface area is 159 Å². The molecule has 0 N–H and O–H groups in total. The van der Waals surface area contributed by atoms with Crippen molar-refractivity contribution >= 4 is 23.2 Å². The number of furan rings is 1. The highest BCUT2D eigenvalue weighted by Crippen LogP contribution is 2.22. The number of thiazole rings is 1. The average Bonchev–Trinajstić information content (AvgIpc) is 3.38. The Bertz CT molecular complexity index is 1100. The lowest BCUT2D eigenvalue weighted by Crippen LogP contribution is -2.11. The van der Waals surface area contributed by atoms with Crippen LogP contribution in [0.4, 0.5) is 5.69 Å². The standard InChI is InChI=1S/C20H16N4O2S/c1-25-17-6-4-16(5-7-17)23-20-24(22-13-15-8-10-21-11-9-15)18(14-27-20)19-3-2-12-26-19/h2-14H,1H3. The van der Waals surface area contributed by atoms with Gasteiger partial charge in [-0.25, -0.2) is 9.67 Å². The van der Waals surface area contributed by atoms with Crippen LogP contribution in [0.1, 0.15) is 5.56 Å². The fraction of sp³-hybridized carbons (Fsp3) is 0.0500. The molecule has 0 bridgehead atoms. The molecule has 3 aromatic heterocycles. The quantitative estimate of drug-likeness (QED) is 0.487. The molecule has 0 amide bonds.